The van der Waals surface area contributed by atoms with Crippen molar-refractivity contribution < 1.29 is 0 Å². The molecule has 0 unspecified atom stereocenters. The van der Waals surface area contributed by atoms with E-state index in [2.05, 4.69) is 28.0 Å². The van der Waals surface area contributed by atoms with E-state index in [0.717, 1.165) is 5.69 Å². The molecule has 37 valence electrons. The number of H-pyrrole nitrogens is 1. The van der Waals surface area contributed by atoms with Gasteiger partial charge >= 0.3 is 0 Å². The number of aromatic nitrogens is 3. The second-order valence-electron chi connectivity index (χ2n) is 1.24. The Hall–Kier alpha value is -0.640. The Morgan fingerprint density at radius 3 is 2.57 bits per heavy atom. The van der Waals surface area contributed by atoms with Crippen LogP contribution in [0.15, 0.2) is 5.03 Å². The van der Waals surface area contributed by atoms with E-state index in [1.807, 2.05) is 6.92 Å². The highest BCUT2D eigenvalue weighted by Gasteiger charge is 1.92. The normalized spacial score (nSPS) is 9.29. The van der Waals surface area contributed by atoms with Crippen LogP contribution in [-0.2, 0) is 0 Å². The third-order valence-electron chi connectivity index (χ3n) is 0.679. The molecule has 0 atom stereocenters. The van der Waals surface area contributed by atoms with Crippen LogP contribution in [0.25, 0.3) is 0 Å². The molecule has 1 radical (unpaired) electrons. The molecule has 1 aromatic heterocycles. The van der Waals surface area contributed by atoms with Crippen molar-refractivity contribution in [3.05, 3.63) is 5.69 Å². The molecular formula is C3H4N3S. The predicted molar refractivity (Wildman–Crippen MR) is 27.0 cm³/mol. The van der Waals surface area contributed by atoms with E-state index in [0.29, 0.717) is 5.03 Å². The lowest BCUT2D eigenvalue weighted by atomic mass is 10.6. The molecular weight excluding hydrogens is 110 g/mol. The highest BCUT2D eigenvalue weighted by atomic mass is 32.1. The lowest BCUT2D eigenvalue weighted by Crippen LogP contribution is -1.67. The summed E-state index contributed by atoms with van der Waals surface area (Å²) < 4.78 is 0. The second-order valence-corrected chi connectivity index (χ2v) is 1.63. The van der Waals surface area contributed by atoms with E-state index in [1.165, 1.54) is 0 Å². The van der Waals surface area contributed by atoms with Crippen molar-refractivity contribution in [1.29, 1.82) is 0 Å². The van der Waals surface area contributed by atoms with E-state index in [4.69, 9.17) is 0 Å². The molecule has 0 aliphatic carbocycles. The fourth-order valence-corrected chi connectivity index (χ4v) is 0.355. The van der Waals surface area contributed by atoms with E-state index in [1.54, 1.807) is 0 Å². The molecule has 0 saturated carbocycles. The van der Waals surface area contributed by atoms with Crippen molar-refractivity contribution >= 4 is 12.6 Å². The summed E-state index contributed by atoms with van der Waals surface area (Å²) in [5.74, 6) is 0. The van der Waals surface area contributed by atoms with Gasteiger partial charge in [0.2, 0.25) is 0 Å². The summed E-state index contributed by atoms with van der Waals surface area (Å²) in [7, 11) is 0. The van der Waals surface area contributed by atoms with Gasteiger partial charge in [-0.3, -0.25) is 5.10 Å². The minimum Gasteiger partial charge on any atom is -0.261 e. The van der Waals surface area contributed by atoms with Crippen LogP contribution >= 0.6 is 12.6 Å². The Bertz CT molecular complexity index is 142. The van der Waals surface area contributed by atoms with Crippen LogP contribution in [0, 0.1) is 6.92 Å². The van der Waals surface area contributed by atoms with Crippen molar-refractivity contribution in [2.75, 3.05) is 0 Å². The number of aromatic amines is 1. The van der Waals surface area contributed by atoms with E-state index >= 15 is 0 Å². The maximum absolute atomic E-state index is 4.68. The zero-order valence-corrected chi connectivity index (χ0v) is 4.62. The van der Waals surface area contributed by atoms with Gasteiger partial charge in [-0.05, 0) is 6.92 Å². The first-order valence-electron chi connectivity index (χ1n) is 1.85. The van der Waals surface area contributed by atoms with Crippen molar-refractivity contribution in [1.82, 2.24) is 15.4 Å². The van der Waals surface area contributed by atoms with Crippen LogP contribution in [0.4, 0.5) is 0 Å². The maximum Gasteiger partial charge on any atom is 0.171 e. The summed E-state index contributed by atoms with van der Waals surface area (Å²) in [6.45, 7) is 1.84. The van der Waals surface area contributed by atoms with Gasteiger partial charge in [0.15, 0.2) is 5.03 Å². The summed E-state index contributed by atoms with van der Waals surface area (Å²) in [5.41, 5.74) is 0.856. The molecule has 4 heteroatoms. The van der Waals surface area contributed by atoms with E-state index < -0.39 is 0 Å². The number of nitrogens with one attached hydrogen (secondary N) is 1. The average Bonchev–Trinajstić information content (AvgIpc) is 1.91. The van der Waals surface area contributed by atoms with Crippen LogP contribution < -0.4 is 0 Å². The Kier molecular flexibility index (Phi) is 0.941. The average molecular weight is 114 g/mol. The zero-order valence-electron chi connectivity index (χ0n) is 3.80. The lowest BCUT2D eigenvalue weighted by molar-refractivity contribution is 0.909. The first-order valence-corrected chi connectivity index (χ1v) is 2.26. The third kappa shape index (κ3) is 0.691. The zero-order chi connectivity index (χ0) is 5.28. The molecule has 1 rings (SSSR count). The number of hydrogen-bond acceptors (Lipinski definition) is 2. The highest BCUT2D eigenvalue weighted by molar-refractivity contribution is 7.80. The number of aryl methyl sites for hydroxylation is 1. The number of nitrogens with zero attached hydrogens (tertiary/aromatic N) is 2. The molecule has 1 N–H and O–H groups in total. The highest BCUT2D eigenvalue weighted by Crippen LogP contribution is 2.00. The van der Waals surface area contributed by atoms with Crippen molar-refractivity contribution in [2.45, 2.75) is 11.9 Å². The van der Waals surface area contributed by atoms with Crippen LogP contribution in [0.1, 0.15) is 5.69 Å². The molecule has 1 aromatic rings. The number of hydrogen-bond donors (Lipinski definition) is 1. The van der Waals surface area contributed by atoms with Crippen molar-refractivity contribution in [3.8, 4) is 0 Å². The standard InChI is InChI=1S/C3H4N3S/c1-2-3(7)5-6-4-2/h1H3,(H,4,5,6). The predicted octanol–water partition coefficient (Wildman–Crippen LogP) is 0.670. The van der Waals surface area contributed by atoms with Gasteiger partial charge in [-0.2, -0.15) is 0 Å². The summed E-state index contributed by atoms with van der Waals surface area (Å²) in [5, 5.41) is 10.1. The van der Waals surface area contributed by atoms with Gasteiger partial charge in [0.25, 0.3) is 0 Å². The van der Waals surface area contributed by atoms with Gasteiger partial charge < -0.3 is 0 Å². The van der Waals surface area contributed by atoms with Gasteiger partial charge in [-0.15, -0.1) is 5.10 Å². The van der Waals surface area contributed by atoms with Crippen LogP contribution in [0.2, 0.25) is 0 Å². The van der Waals surface area contributed by atoms with Crippen LogP contribution in [-0.4, -0.2) is 15.4 Å². The Morgan fingerprint density at radius 2 is 2.43 bits per heavy atom. The molecule has 0 aromatic carbocycles. The molecule has 1 heterocycles. The van der Waals surface area contributed by atoms with Gasteiger partial charge in [0, 0.05) is 0 Å². The molecule has 0 aliphatic rings. The van der Waals surface area contributed by atoms with E-state index in [9.17, 15) is 0 Å². The molecule has 0 fully saturated rings. The van der Waals surface area contributed by atoms with Gasteiger partial charge in [0.1, 0.15) is 0 Å². The molecule has 0 bridgehead atoms. The largest absolute Gasteiger partial charge is 0.261 e. The Morgan fingerprint density at radius 1 is 1.71 bits per heavy atom. The van der Waals surface area contributed by atoms with Gasteiger partial charge in [-0.1, -0.05) is 17.8 Å². The molecule has 7 heavy (non-hydrogen) atoms. The molecule has 0 aliphatic heterocycles. The molecule has 0 spiro atoms. The summed E-state index contributed by atoms with van der Waals surface area (Å²) in [6, 6.07) is 0. The summed E-state index contributed by atoms with van der Waals surface area (Å²) in [6.07, 6.45) is 0. The minimum absolute atomic E-state index is 0.556. The van der Waals surface area contributed by atoms with Crippen molar-refractivity contribution in [2.24, 2.45) is 0 Å². The van der Waals surface area contributed by atoms with Crippen LogP contribution in [0.3, 0.4) is 0 Å². The summed E-state index contributed by atoms with van der Waals surface area (Å²) in [4.78, 5) is 0. The molecule has 0 saturated heterocycles. The Labute approximate surface area is 46.5 Å². The van der Waals surface area contributed by atoms with Crippen molar-refractivity contribution in [3.63, 3.8) is 0 Å². The summed E-state index contributed by atoms with van der Waals surface area (Å²) >= 11 is 4.68. The van der Waals surface area contributed by atoms with E-state index in [-0.39, 0.29) is 0 Å². The lowest BCUT2D eigenvalue weighted by Gasteiger charge is -1.73. The quantitative estimate of drug-likeness (QED) is 0.538. The fraction of sp³-hybridized carbons (Fsp3) is 0.333. The van der Waals surface area contributed by atoms with Crippen LogP contribution in [0.5, 0.6) is 0 Å². The second kappa shape index (κ2) is 1.46. The molecule has 0 amide bonds. The topological polar surface area (TPSA) is 41.6 Å². The third-order valence-corrected chi connectivity index (χ3v) is 1.07. The smallest absolute Gasteiger partial charge is 0.171 e. The van der Waals surface area contributed by atoms with Gasteiger partial charge in [-0.25, -0.2) is 0 Å². The minimum atomic E-state index is 0.556. The Balaban J connectivity index is 3.12. The van der Waals surface area contributed by atoms with Gasteiger partial charge in [0.05, 0.1) is 5.69 Å². The fourth-order valence-electron chi connectivity index (χ4n) is 0.268. The maximum atomic E-state index is 4.68. The molecule has 3 nitrogen and oxygen atoms in total. The first-order chi connectivity index (χ1) is 3.30. The SMILES string of the molecule is Cc1[nH]nnc1[S]. The number of rotatable bonds is 0. The first kappa shape index (κ1) is 4.52. The monoisotopic (exact) mass is 114 g/mol.